The first-order valence-corrected chi connectivity index (χ1v) is 8.32. The van der Waals surface area contributed by atoms with Crippen molar-refractivity contribution in [3.8, 4) is 11.8 Å². The number of hydrogen-bond donors (Lipinski definition) is 0. The van der Waals surface area contributed by atoms with Crippen LogP contribution in [0.3, 0.4) is 0 Å². The Morgan fingerprint density at radius 3 is 2.68 bits per heavy atom. The second-order valence-electron chi connectivity index (χ2n) is 4.67. The minimum Gasteiger partial charge on any atom is -0.490 e. The Morgan fingerprint density at radius 1 is 1.50 bits per heavy atom. The van der Waals surface area contributed by atoms with E-state index in [0.29, 0.717) is 0 Å². The van der Waals surface area contributed by atoms with Gasteiger partial charge in [0.25, 0.3) is 0 Å². The van der Waals surface area contributed by atoms with E-state index in [2.05, 4.69) is 47.8 Å². The number of nitrogens with zero attached hydrogens (tertiary/aromatic N) is 1. The van der Waals surface area contributed by atoms with Gasteiger partial charge in [-0.1, -0.05) is 47.8 Å². The van der Waals surface area contributed by atoms with Crippen molar-refractivity contribution in [3.63, 3.8) is 0 Å². The predicted octanol–water partition coefficient (Wildman–Crippen LogP) is 3.57. The zero-order chi connectivity index (χ0) is 16.5. The largest absolute Gasteiger partial charge is 0.490 e. The molecule has 0 bridgehead atoms. The highest BCUT2D eigenvalue weighted by molar-refractivity contribution is 9.39. The SMILES string of the molecule is CC1(COc2ccc(C#N)c(F)c2)OC(C(Br)(Br)Br)OC1=O. The molecule has 9 heteroatoms. The Balaban J connectivity index is 2.06. The molecule has 0 saturated carbocycles. The number of ether oxygens (including phenoxy) is 3. The molecule has 1 aromatic rings. The van der Waals surface area contributed by atoms with E-state index in [1.54, 1.807) is 6.07 Å². The lowest BCUT2D eigenvalue weighted by Gasteiger charge is -2.22. The number of benzene rings is 1. The average molecular weight is 502 g/mol. The highest BCUT2D eigenvalue weighted by Crippen LogP contribution is 2.44. The minimum absolute atomic E-state index is 0.0854. The molecule has 1 fully saturated rings. The Kier molecular flexibility index (Phi) is 5.16. The van der Waals surface area contributed by atoms with Crippen molar-refractivity contribution in [1.29, 1.82) is 5.26 Å². The van der Waals surface area contributed by atoms with Gasteiger partial charge in [-0.2, -0.15) is 5.26 Å². The molecule has 0 amide bonds. The molecule has 0 spiro atoms. The summed E-state index contributed by atoms with van der Waals surface area (Å²) in [4.78, 5) is 11.9. The van der Waals surface area contributed by atoms with Crippen LogP contribution >= 0.6 is 47.8 Å². The van der Waals surface area contributed by atoms with Crippen LogP contribution in [0.2, 0.25) is 0 Å². The van der Waals surface area contributed by atoms with Crippen molar-refractivity contribution >= 4 is 53.8 Å². The molecule has 2 unspecified atom stereocenters. The number of cyclic esters (lactones) is 1. The van der Waals surface area contributed by atoms with Gasteiger partial charge in [-0.25, -0.2) is 9.18 Å². The van der Waals surface area contributed by atoms with Crippen LogP contribution in [0.1, 0.15) is 12.5 Å². The molecule has 0 radical (unpaired) electrons. The Bertz CT molecular complexity index is 643. The third-order valence-corrected chi connectivity index (χ3v) is 3.98. The lowest BCUT2D eigenvalue weighted by Crippen LogP contribution is -2.40. The van der Waals surface area contributed by atoms with Crippen molar-refractivity contribution in [1.82, 2.24) is 0 Å². The third-order valence-electron chi connectivity index (χ3n) is 2.86. The van der Waals surface area contributed by atoms with Gasteiger partial charge in [0.2, 0.25) is 6.29 Å². The zero-order valence-electron chi connectivity index (χ0n) is 11.1. The lowest BCUT2D eigenvalue weighted by molar-refractivity contribution is -0.145. The fourth-order valence-electron chi connectivity index (χ4n) is 1.65. The Labute approximate surface area is 151 Å². The van der Waals surface area contributed by atoms with Crippen molar-refractivity contribution in [2.75, 3.05) is 6.61 Å². The van der Waals surface area contributed by atoms with E-state index in [9.17, 15) is 9.18 Å². The van der Waals surface area contributed by atoms with E-state index in [1.807, 2.05) is 0 Å². The Morgan fingerprint density at radius 2 is 2.18 bits per heavy atom. The van der Waals surface area contributed by atoms with Gasteiger partial charge in [-0.05, 0) is 19.1 Å². The first-order valence-electron chi connectivity index (χ1n) is 5.94. The maximum atomic E-state index is 13.5. The molecular weight excluding hydrogens is 493 g/mol. The van der Waals surface area contributed by atoms with Gasteiger partial charge in [-0.15, -0.1) is 0 Å². The smallest absolute Gasteiger partial charge is 0.344 e. The van der Waals surface area contributed by atoms with Crippen LogP contribution in [0.25, 0.3) is 0 Å². The van der Waals surface area contributed by atoms with Crippen LogP contribution < -0.4 is 4.74 Å². The molecular formula is C13H9Br3FNO4. The van der Waals surface area contributed by atoms with Crippen LogP contribution in [0.4, 0.5) is 4.39 Å². The fraction of sp³-hybridized carbons (Fsp3) is 0.385. The molecule has 1 saturated heterocycles. The van der Waals surface area contributed by atoms with E-state index in [1.165, 1.54) is 19.1 Å². The molecule has 2 atom stereocenters. The normalized spacial score (nSPS) is 24.7. The van der Waals surface area contributed by atoms with Crippen molar-refractivity contribution in [2.45, 2.75) is 21.0 Å². The summed E-state index contributed by atoms with van der Waals surface area (Å²) in [5, 5.41) is 8.67. The Hall–Kier alpha value is -0.690. The van der Waals surface area contributed by atoms with Gasteiger partial charge in [0, 0.05) is 6.07 Å². The fourth-order valence-corrected chi connectivity index (χ4v) is 2.21. The molecule has 0 aliphatic carbocycles. The molecule has 118 valence electrons. The first kappa shape index (κ1) is 17.7. The molecule has 22 heavy (non-hydrogen) atoms. The molecule has 1 aromatic carbocycles. The van der Waals surface area contributed by atoms with Gasteiger partial charge < -0.3 is 14.2 Å². The number of nitriles is 1. The molecule has 2 rings (SSSR count). The molecule has 1 aliphatic rings. The standard InChI is InChI=1S/C13H9Br3FNO4/c1-12(10(19)21-11(22-12)13(14,15)16)6-20-8-3-2-7(5-18)9(17)4-8/h2-4,11H,6H2,1H3. The molecule has 0 aromatic heterocycles. The van der Waals surface area contributed by atoms with E-state index in [4.69, 9.17) is 19.5 Å². The van der Waals surface area contributed by atoms with E-state index in [0.717, 1.165) is 6.07 Å². The van der Waals surface area contributed by atoms with Crippen LogP contribution in [0.5, 0.6) is 5.75 Å². The summed E-state index contributed by atoms with van der Waals surface area (Å²) in [6.45, 7) is 1.34. The number of hydrogen-bond acceptors (Lipinski definition) is 5. The molecule has 5 nitrogen and oxygen atoms in total. The zero-order valence-corrected chi connectivity index (χ0v) is 15.9. The summed E-state index contributed by atoms with van der Waals surface area (Å²) in [7, 11) is 0. The number of esters is 1. The second kappa shape index (κ2) is 6.43. The summed E-state index contributed by atoms with van der Waals surface area (Å²) < 4.78 is 28.6. The van der Waals surface area contributed by atoms with Crippen LogP contribution in [0, 0.1) is 17.1 Å². The summed E-state index contributed by atoms with van der Waals surface area (Å²) >= 11 is 9.65. The number of halogens is 4. The maximum absolute atomic E-state index is 13.5. The highest BCUT2D eigenvalue weighted by atomic mass is 80.0. The van der Waals surface area contributed by atoms with E-state index in [-0.39, 0.29) is 17.9 Å². The predicted molar refractivity (Wildman–Crippen MR) is 85.5 cm³/mol. The van der Waals surface area contributed by atoms with E-state index < -0.39 is 25.8 Å². The van der Waals surface area contributed by atoms with Crippen molar-refractivity contribution in [3.05, 3.63) is 29.6 Å². The highest BCUT2D eigenvalue weighted by Gasteiger charge is 2.53. The van der Waals surface area contributed by atoms with Crippen molar-refractivity contribution < 1.29 is 23.4 Å². The first-order chi connectivity index (χ1) is 10.2. The van der Waals surface area contributed by atoms with E-state index >= 15 is 0 Å². The summed E-state index contributed by atoms with van der Waals surface area (Å²) in [6.07, 6.45) is -0.911. The van der Waals surface area contributed by atoms with Crippen molar-refractivity contribution in [2.24, 2.45) is 0 Å². The monoisotopic (exact) mass is 499 g/mol. The quantitative estimate of drug-likeness (QED) is 0.468. The van der Waals surface area contributed by atoms with Crippen LogP contribution in [-0.2, 0) is 14.3 Å². The summed E-state index contributed by atoms with van der Waals surface area (Å²) in [6, 6.07) is 5.52. The third kappa shape index (κ3) is 3.79. The number of alkyl halides is 3. The minimum atomic E-state index is -1.34. The van der Waals surface area contributed by atoms with Gasteiger partial charge >= 0.3 is 5.97 Å². The molecule has 1 heterocycles. The number of carbonyl (C=O) groups excluding carboxylic acids is 1. The number of rotatable bonds is 3. The van der Waals surface area contributed by atoms with Gasteiger partial charge in [0.1, 0.15) is 24.2 Å². The number of carbonyl (C=O) groups is 1. The molecule has 0 N–H and O–H groups in total. The second-order valence-corrected chi connectivity index (χ2v) is 11.6. The maximum Gasteiger partial charge on any atom is 0.344 e. The van der Waals surface area contributed by atoms with Crippen LogP contribution in [-0.4, -0.2) is 26.6 Å². The summed E-state index contributed by atoms with van der Waals surface area (Å²) in [5.74, 6) is -1.12. The summed E-state index contributed by atoms with van der Waals surface area (Å²) in [5.41, 5.74) is -1.42. The molecule has 1 aliphatic heterocycles. The lowest BCUT2D eigenvalue weighted by atomic mass is 10.1. The average Bonchev–Trinajstić information content (AvgIpc) is 2.73. The van der Waals surface area contributed by atoms with Gasteiger partial charge in [0.15, 0.2) is 7.74 Å². The van der Waals surface area contributed by atoms with Gasteiger partial charge in [-0.3, -0.25) is 0 Å². The van der Waals surface area contributed by atoms with Crippen LogP contribution in [0.15, 0.2) is 18.2 Å². The van der Waals surface area contributed by atoms with Gasteiger partial charge in [0.05, 0.1) is 5.56 Å². The topological polar surface area (TPSA) is 68.6 Å².